The van der Waals surface area contributed by atoms with Gasteiger partial charge in [0.2, 0.25) is 0 Å². The van der Waals surface area contributed by atoms with Crippen LogP contribution in [0.3, 0.4) is 0 Å². The number of hydrogen-bond donors (Lipinski definition) is 2. The Morgan fingerprint density at radius 2 is 1.87 bits per heavy atom. The van der Waals surface area contributed by atoms with Gasteiger partial charge >= 0.3 is 0 Å². The van der Waals surface area contributed by atoms with Crippen LogP contribution in [0.4, 0.5) is 10.1 Å². The Kier molecular flexibility index (Phi) is 4.54. The first-order valence-corrected chi connectivity index (χ1v) is 7.32. The Bertz CT molecular complexity index is 857. The zero-order valence-electron chi connectivity index (χ0n) is 12.0. The molecule has 0 saturated heterocycles. The highest BCUT2D eigenvalue weighted by atomic mass is 32.1. The number of para-hydroxylation sites is 1. The Labute approximate surface area is 138 Å². The quantitative estimate of drug-likeness (QED) is 0.438. The van der Waals surface area contributed by atoms with Gasteiger partial charge in [0.1, 0.15) is 5.82 Å². The lowest BCUT2D eigenvalue weighted by Gasteiger charge is -2.06. The van der Waals surface area contributed by atoms with E-state index in [1.807, 2.05) is 30.3 Å². The van der Waals surface area contributed by atoms with Crippen molar-refractivity contribution in [2.45, 2.75) is 0 Å². The van der Waals surface area contributed by atoms with Gasteiger partial charge in [-0.3, -0.25) is 10.4 Å². The average Bonchev–Trinajstić information content (AvgIpc) is 2.57. The summed E-state index contributed by atoms with van der Waals surface area (Å²) < 4.78 is 12.8. The number of halogens is 1. The van der Waals surface area contributed by atoms with Crippen LogP contribution in [-0.2, 0) is 0 Å². The van der Waals surface area contributed by atoms with Gasteiger partial charge in [-0.2, -0.15) is 5.10 Å². The molecule has 114 valence electrons. The van der Waals surface area contributed by atoms with Crippen LogP contribution < -0.4 is 10.7 Å². The normalized spacial score (nSPS) is 10.8. The van der Waals surface area contributed by atoms with Gasteiger partial charge in [0.25, 0.3) is 0 Å². The average molecular weight is 324 g/mol. The summed E-state index contributed by atoms with van der Waals surface area (Å²) in [7, 11) is 0. The highest BCUT2D eigenvalue weighted by Gasteiger charge is 1.99. The molecule has 0 saturated carbocycles. The van der Waals surface area contributed by atoms with E-state index in [1.165, 1.54) is 12.1 Å². The van der Waals surface area contributed by atoms with E-state index in [4.69, 9.17) is 12.2 Å². The van der Waals surface area contributed by atoms with Crippen LogP contribution >= 0.6 is 12.2 Å². The molecule has 4 nitrogen and oxygen atoms in total. The Hall–Kier alpha value is -2.86. The smallest absolute Gasteiger partial charge is 0.191 e. The van der Waals surface area contributed by atoms with Gasteiger partial charge in [0.05, 0.1) is 11.7 Å². The minimum atomic E-state index is -0.294. The maximum Gasteiger partial charge on any atom is 0.191 e. The molecule has 0 aliphatic carbocycles. The highest BCUT2D eigenvalue weighted by Crippen LogP contribution is 2.14. The van der Waals surface area contributed by atoms with Crippen molar-refractivity contribution in [1.82, 2.24) is 10.4 Å². The standard InChI is InChI=1S/C17H13FN4S/c18-13-5-7-14(8-6-13)21-17(23)22-20-11-12-9-10-19-16-4-2-1-3-15(12)16/h1-11H,(H2,21,22,23)/b20-11-. The van der Waals surface area contributed by atoms with E-state index in [-0.39, 0.29) is 5.82 Å². The van der Waals surface area contributed by atoms with Crippen molar-refractivity contribution in [2.75, 3.05) is 5.32 Å². The van der Waals surface area contributed by atoms with E-state index >= 15 is 0 Å². The third-order valence-electron chi connectivity index (χ3n) is 3.15. The Balaban J connectivity index is 1.66. The van der Waals surface area contributed by atoms with E-state index in [9.17, 15) is 4.39 Å². The van der Waals surface area contributed by atoms with Crippen LogP contribution in [0.5, 0.6) is 0 Å². The van der Waals surface area contributed by atoms with E-state index in [2.05, 4.69) is 20.8 Å². The van der Waals surface area contributed by atoms with Crippen molar-refractivity contribution in [2.24, 2.45) is 5.10 Å². The van der Waals surface area contributed by atoms with Gasteiger partial charge in [-0.05, 0) is 48.6 Å². The van der Waals surface area contributed by atoms with Gasteiger partial charge in [-0.1, -0.05) is 18.2 Å². The molecule has 0 aliphatic heterocycles. The predicted molar refractivity (Wildman–Crippen MR) is 95.1 cm³/mol. The first-order valence-electron chi connectivity index (χ1n) is 6.92. The van der Waals surface area contributed by atoms with Crippen LogP contribution in [0.1, 0.15) is 5.56 Å². The lowest BCUT2D eigenvalue weighted by Crippen LogP contribution is -2.23. The molecule has 1 heterocycles. The summed E-state index contributed by atoms with van der Waals surface area (Å²) in [6.45, 7) is 0. The highest BCUT2D eigenvalue weighted by molar-refractivity contribution is 7.80. The monoisotopic (exact) mass is 324 g/mol. The predicted octanol–water partition coefficient (Wildman–Crippen LogP) is 3.69. The van der Waals surface area contributed by atoms with Crippen LogP contribution in [0.2, 0.25) is 0 Å². The van der Waals surface area contributed by atoms with Gasteiger partial charge in [-0.25, -0.2) is 4.39 Å². The Morgan fingerprint density at radius 1 is 1.09 bits per heavy atom. The minimum absolute atomic E-state index is 0.294. The van der Waals surface area contributed by atoms with E-state index in [0.717, 1.165) is 16.5 Å². The molecule has 0 bridgehead atoms. The molecular weight excluding hydrogens is 311 g/mol. The number of anilines is 1. The largest absolute Gasteiger partial charge is 0.331 e. The van der Waals surface area contributed by atoms with Gasteiger partial charge in [0, 0.05) is 22.8 Å². The molecule has 2 N–H and O–H groups in total. The first-order chi connectivity index (χ1) is 11.2. The van der Waals surface area contributed by atoms with Crippen molar-refractivity contribution in [3.8, 4) is 0 Å². The summed E-state index contributed by atoms with van der Waals surface area (Å²) in [4.78, 5) is 4.30. The number of thiocarbonyl (C=S) groups is 1. The number of fused-ring (bicyclic) bond motifs is 1. The SMILES string of the molecule is Fc1ccc(NC(=S)N/N=C\c2ccnc3ccccc23)cc1. The number of nitrogens with zero attached hydrogens (tertiary/aromatic N) is 2. The molecule has 6 heteroatoms. The number of pyridine rings is 1. The summed E-state index contributed by atoms with van der Waals surface area (Å²) in [6.07, 6.45) is 3.42. The third-order valence-corrected chi connectivity index (χ3v) is 3.35. The molecule has 0 radical (unpaired) electrons. The molecule has 0 atom stereocenters. The molecule has 0 amide bonds. The van der Waals surface area contributed by atoms with E-state index in [1.54, 1.807) is 24.5 Å². The van der Waals surface area contributed by atoms with Crippen LogP contribution in [0, 0.1) is 5.82 Å². The number of benzene rings is 2. The van der Waals surface area contributed by atoms with Gasteiger partial charge in [-0.15, -0.1) is 0 Å². The molecular formula is C17H13FN4S. The fourth-order valence-electron chi connectivity index (χ4n) is 2.08. The molecule has 1 aromatic heterocycles. The maximum absolute atomic E-state index is 12.8. The van der Waals surface area contributed by atoms with Crippen molar-refractivity contribution in [1.29, 1.82) is 0 Å². The van der Waals surface area contributed by atoms with E-state index < -0.39 is 0 Å². The minimum Gasteiger partial charge on any atom is -0.331 e. The molecule has 3 rings (SSSR count). The van der Waals surface area contributed by atoms with Crippen molar-refractivity contribution >= 4 is 40.1 Å². The number of nitrogens with one attached hydrogen (secondary N) is 2. The molecule has 0 spiro atoms. The second kappa shape index (κ2) is 6.93. The second-order valence-electron chi connectivity index (χ2n) is 4.75. The topological polar surface area (TPSA) is 49.3 Å². The van der Waals surface area contributed by atoms with Crippen molar-refractivity contribution < 1.29 is 4.39 Å². The van der Waals surface area contributed by atoms with Crippen LogP contribution in [-0.4, -0.2) is 16.3 Å². The lowest BCUT2D eigenvalue weighted by molar-refractivity contribution is 0.628. The molecule has 3 aromatic rings. The third kappa shape index (κ3) is 3.87. The fourth-order valence-corrected chi connectivity index (χ4v) is 2.25. The molecule has 23 heavy (non-hydrogen) atoms. The van der Waals surface area contributed by atoms with Crippen LogP contribution in [0.15, 0.2) is 65.9 Å². The van der Waals surface area contributed by atoms with Gasteiger partial charge < -0.3 is 5.32 Å². The molecule has 0 aliphatic rings. The molecule has 2 aromatic carbocycles. The first kappa shape index (κ1) is 15.1. The van der Waals surface area contributed by atoms with E-state index in [0.29, 0.717) is 10.8 Å². The van der Waals surface area contributed by atoms with Gasteiger partial charge in [0.15, 0.2) is 5.11 Å². The number of rotatable bonds is 3. The summed E-state index contributed by atoms with van der Waals surface area (Å²) >= 11 is 5.14. The zero-order valence-corrected chi connectivity index (χ0v) is 12.8. The van der Waals surface area contributed by atoms with Crippen molar-refractivity contribution in [3.05, 3.63) is 72.2 Å². The second-order valence-corrected chi connectivity index (χ2v) is 5.16. The van der Waals surface area contributed by atoms with Crippen LogP contribution in [0.25, 0.3) is 10.9 Å². The fraction of sp³-hybridized carbons (Fsp3) is 0. The summed E-state index contributed by atoms with van der Waals surface area (Å²) in [5.41, 5.74) is 5.27. The number of hydrogen-bond acceptors (Lipinski definition) is 3. The summed E-state index contributed by atoms with van der Waals surface area (Å²) in [5, 5.41) is 8.38. The summed E-state index contributed by atoms with van der Waals surface area (Å²) in [6, 6.07) is 15.6. The van der Waals surface area contributed by atoms with Crippen molar-refractivity contribution in [3.63, 3.8) is 0 Å². The lowest BCUT2D eigenvalue weighted by atomic mass is 10.1. The number of aromatic nitrogens is 1. The Morgan fingerprint density at radius 3 is 2.70 bits per heavy atom. The molecule has 0 fully saturated rings. The zero-order chi connectivity index (χ0) is 16.1. The number of hydrazone groups is 1. The maximum atomic E-state index is 12.8. The summed E-state index contributed by atoms with van der Waals surface area (Å²) in [5.74, 6) is -0.294. The molecule has 0 unspecified atom stereocenters.